The van der Waals surface area contributed by atoms with Gasteiger partial charge in [-0.05, 0) is 24.1 Å². The second kappa shape index (κ2) is 10.7. The monoisotopic (exact) mass is 384 g/mol. The first kappa shape index (κ1) is 21.0. The van der Waals surface area contributed by atoms with Crippen LogP contribution in [0.4, 0.5) is 0 Å². The van der Waals surface area contributed by atoms with E-state index in [1.807, 2.05) is 30.3 Å². The zero-order chi connectivity index (χ0) is 20.4. The number of ether oxygens (including phenoxy) is 1. The Hall–Kier alpha value is -3.35. The lowest BCUT2D eigenvalue weighted by molar-refractivity contribution is -0.141. The summed E-state index contributed by atoms with van der Waals surface area (Å²) in [4.78, 5) is 35.6. The smallest absolute Gasteiger partial charge is 0.308 e. The standard InChI is InChI=1S/C21H24N2O5/c1-28-18-10-6-5-9-17(18)20(25)22-12-11-19(24)23-14-16(21(26)27)13-15-7-3-2-4-8-15/h2-10,16H,11-14H2,1H3,(H,22,25)(H,23,24)(H,26,27)/t16-/m0/s1. The molecule has 0 bridgehead atoms. The van der Waals surface area contributed by atoms with Crippen molar-refractivity contribution in [3.05, 3.63) is 65.7 Å². The van der Waals surface area contributed by atoms with Crippen molar-refractivity contribution in [3.8, 4) is 5.75 Å². The van der Waals surface area contributed by atoms with E-state index >= 15 is 0 Å². The molecule has 0 heterocycles. The average Bonchev–Trinajstić information content (AvgIpc) is 2.71. The molecule has 0 radical (unpaired) electrons. The molecule has 148 valence electrons. The predicted molar refractivity (Wildman–Crippen MR) is 104 cm³/mol. The molecule has 2 rings (SSSR count). The molecule has 0 saturated heterocycles. The number of amides is 2. The highest BCUT2D eigenvalue weighted by atomic mass is 16.5. The van der Waals surface area contributed by atoms with E-state index in [0.29, 0.717) is 17.7 Å². The molecule has 28 heavy (non-hydrogen) atoms. The minimum Gasteiger partial charge on any atom is -0.496 e. The highest BCUT2D eigenvalue weighted by molar-refractivity contribution is 5.97. The van der Waals surface area contributed by atoms with E-state index in [-0.39, 0.29) is 31.3 Å². The third-order valence-electron chi connectivity index (χ3n) is 4.21. The summed E-state index contributed by atoms with van der Waals surface area (Å²) in [5.74, 6) is -1.88. The Bertz CT molecular complexity index is 807. The minimum atomic E-state index is -0.964. The topological polar surface area (TPSA) is 105 Å². The zero-order valence-corrected chi connectivity index (χ0v) is 15.7. The van der Waals surface area contributed by atoms with Gasteiger partial charge in [0, 0.05) is 19.5 Å². The molecular formula is C21H24N2O5. The van der Waals surface area contributed by atoms with Gasteiger partial charge in [-0.25, -0.2) is 0 Å². The van der Waals surface area contributed by atoms with Crippen LogP contribution in [-0.2, 0) is 16.0 Å². The molecule has 2 aromatic rings. The van der Waals surface area contributed by atoms with Crippen molar-refractivity contribution in [1.82, 2.24) is 10.6 Å². The molecular weight excluding hydrogens is 360 g/mol. The number of para-hydroxylation sites is 1. The van der Waals surface area contributed by atoms with Gasteiger partial charge in [-0.3, -0.25) is 14.4 Å². The maximum atomic E-state index is 12.2. The molecule has 1 atom stereocenters. The SMILES string of the molecule is COc1ccccc1C(=O)NCCC(=O)NC[C@H](Cc1ccccc1)C(=O)O. The molecule has 0 spiro atoms. The van der Waals surface area contributed by atoms with Crippen LogP contribution >= 0.6 is 0 Å². The van der Waals surface area contributed by atoms with Crippen LogP contribution in [0, 0.1) is 5.92 Å². The molecule has 2 aromatic carbocycles. The second-order valence-corrected chi connectivity index (χ2v) is 6.24. The fraction of sp³-hybridized carbons (Fsp3) is 0.286. The van der Waals surface area contributed by atoms with Crippen LogP contribution < -0.4 is 15.4 Å². The van der Waals surface area contributed by atoms with Crippen molar-refractivity contribution >= 4 is 17.8 Å². The lowest BCUT2D eigenvalue weighted by Gasteiger charge is -2.14. The van der Waals surface area contributed by atoms with E-state index in [4.69, 9.17) is 4.74 Å². The fourth-order valence-electron chi connectivity index (χ4n) is 2.69. The summed E-state index contributed by atoms with van der Waals surface area (Å²) in [6.45, 7) is 0.169. The van der Waals surface area contributed by atoms with E-state index in [0.717, 1.165) is 5.56 Å². The number of hydrogen-bond acceptors (Lipinski definition) is 4. The molecule has 0 aromatic heterocycles. The summed E-state index contributed by atoms with van der Waals surface area (Å²) in [7, 11) is 1.48. The number of rotatable bonds is 10. The normalized spacial score (nSPS) is 11.3. The van der Waals surface area contributed by atoms with Crippen LogP contribution in [-0.4, -0.2) is 43.1 Å². The van der Waals surface area contributed by atoms with Crippen molar-refractivity contribution in [2.24, 2.45) is 5.92 Å². The van der Waals surface area contributed by atoms with Gasteiger partial charge >= 0.3 is 5.97 Å². The van der Waals surface area contributed by atoms with Gasteiger partial charge in [0.05, 0.1) is 18.6 Å². The van der Waals surface area contributed by atoms with Crippen molar-refractivity contribution < 1.29 is 24.2 Å². The predicted octanol–water partition coefficient (Wildman–Crippen LogP) is 1.87. The summed E-state index contributed by atoms with van der Waals surface area (Å²) < 4.78 is 5.13. The molecule has 0 aliphatic heterocycles. The summed E-state index contributed by atoms with van der Waals surface area (Å²) >= 11 is 0. The number of carbonyl (C=O) groups is 3. The van der Waals surface area contributed by atoms with Crippen molar-refractivity contribution in [3.63, 3.8) is 0 Å². The molecule has 0 fully saturated rings. The maximum absolute atomic E-state index is 12.2. The van der Waals surface area contributed by atoms with E-state index in [9.17, 15) is 19.5 Å². The molecule has 0 unspecified atom stereocenters. The van der Waals surface area contributed by atoms with Gasteiger partial charge in [-0.15, -0.1) is 0 Å². The number of carboxylic acids is 1. The largest absolute Gasteiger partial charge is 0.496 e. The first-order valence-electron chi connectivity index (χ1n) is 8.96. The van der Waals surface area contributed by atoms with Crippen LogP contribution in [0.3, 0.4) is 0 Å². The number of hydrogen-bond donors (Lipinski definition) is 3. The Morgan fingerprint density at radius 1 is 1.00 bits per heavy atom. The van der Waals surface area contributed by atoms with Crippen LogP contribution in [0.25, 0.3) is 0 Å². The van der Waals surface area contributed by atoms with Crippen LogP contribution in [0.2, 0.25) is 0 Å². The molecule has 2 amide bonds. The highest BCUT2D eigenvalue weighted by Gasteiger charge is 2.19. The van der Waals surface area contributed by atoms with Gasteiger partial charge in [0.2, 0.25) is 5.91 Å². The third kappa shape index (κ3) is 6.42. The maximum Gasteiger partial charge on any atom is 0.308 e. The summed E-state index contributed by atoms with van der Waals surface area (Å²) in [5.41, 5.74) is 1.28. The molecule has 7 heteroatoms. The van der Waals surface area contributed by atoms with Crippen molar-refractivity contribution in [1.29, 1.82) is 0 Å². The van der Waals surface area contributed by atoms with Crippen molar-refractivity contribution in [2.75, 3.05) is 20.2 Å². The fourth-order valence-corrected chi connectivity index (χ4v) is 2.69. The van der Waals surface area contributed by atoms with Crippen molar-refractivity contribution in [2.45, 2.75) is 12.8 Å². The van der Waals surface area contributed by atoms with Crippen LogP contribution in [0.5, 0.6) is 5.75 Å². The molecule has 0 saturated carbocycles. The quantitative estimate of drug-likeness (QED) is 0.580. The van der Waals surface area contributed by atoms with E-state index in [2.05, 4.69) is 10.6 Å². The average molecular weight is 384 g/mol. The van der Waals surface area contributed by atoms with Gasteiger partial charge in [0.25, 0.3) is 5.91 Å². The lowest BCUT2D eigenvalue weighted by Crippen LogP contribution is -2.36. The number of carbonyl (C=O) groups excluding carboxylic acids is 2. The van der Waals surface area contributed by atoms with Crippen LogP contribution in [0.15, 0.2) is 54.6 Å². The minimum absolute atomic E-state index is 0.0313. The van der Waals surface area contributed by atoms with Gasteiger partial charge in [-0.1, -0.05) is 42.5 Å². The summed E-state index contributed by atoms with van der Waals surface area (Å²) in [6.07, 6.45) is 0.388. The Morgan fingerprint density at radius 3 is 2.36 bits per heavy atom. The Kier molecular flexibility index (Phi) is 8.02. The Balaban J connectivity index is 1.77. The van der Waals surface area contributed by atoms with E-state index in [1.54, 1.807) is 24.3 Å². The highest BCUT2D eigenvalue weighted by Crippen LogP contribution is 2.16. The Labute approximate surface area is 163 Å². The molecule has 0 aliphatic rings. The molecule has 0 aliphatic carbocycles. The van der Waals surface area contributed by atoms with Gasteiger partial charge < -0.3 is 20.5 Å². The zero-order valence-electron chi connectivity index (χ0n) is 15.7. The summed E-state index contributed by atoms with van der Waals surface area (Å²) in [5, 5.41) is 14.6. The number of benzene rings is 2. The first-order valence-corrected chi connectivity index (χ1v) is 8.96. The van der Waals surface area contributed by atoms with Gasteiger partial charge in [0.15, 0.2) is 0 Å². The van der Waals surface area contributed by atoms with E-state index in [1.165, 1.54) is 7.11 Å². The Morgan fingerprint density at radius 2 is 1.68 bits per heavy atom. The third-order valence-corrected chi connectivity index (χ3v) is 4.21. The number of methoxy groups -OCH3 is 1. The number of carboxylic acid groups (broad SMARTS) is 1. The molecule has 7 nitrogen and oxygen atoms in total. The van der Waals surface area contributed by atoms with Gasteiger partial charge in [0.1, 0.15) is 5.75 Å². The van der Waals surface area contributed by atoms with Gasteiger partial charge in [-0.2, -0.15) is 0 Å². The van der Waals surface area contributed by atoms with Crippen LogP contribution in [0.1, 0.15) is 22.3 Å². The lowest BCUT2D eigenvalue weighted by atomic mass is 9.99. The number of nitrogens with one attached hydrogen (secondary N) is 2. The second-order valence-electron chi connectivity index (χ2n) is 6.24. The number of aliphatic carboxylic acids is 1. The molecule has 3 N–H and O–H groups in total. The van der Waals surface area contributed by atoms with E-state index < -0.39 is 11.9 Å². The first-order chi connectivity index (χ1) is 13.5. The summed E-state index contributed by atoms with van der Waals surface area (Å²) in [6, 6.07) is 16.1.